The number of nitrogens with two attached hydrogens (primary N) is 1. The highest BCUT2D eigenvalue weighted by atomic mass is 35.5. The van der Waals surface area contributed by atoms with Gasteiger partial charge in [-0.2, -0.15) is 4.98 Å². The molecule has 0 radical (unpaired) electrons. The molecule has 0 spiro atoms. The summed E-state index contributed by atoms with van der Waals surface area (Å²) in [5, 5.41) is 3.82. The fraction of sp³-hybridized carbons (Fsp3) is 0.455. The number of sulfonamides is 1. The van der Waals surface area contributed by atoms with E-state index in [0.29, 0.717) is 10.2 Å². The first-order chi connectivity index (χ1) is 9.89. The van der Waals surface area contributed by atoms with Crippen molar-refractivity contribution in [3.8, 4) is 0 Å². The van der Waals surface area contributed by atoms with Crippen LogP contribution in [0, 0.1) is 0 Å². The molecule has 3 rings (SSSR count). The van der Waals surface area contributed by atoms with Gasteiger partial charge in [-0.3, -0.25) is 0 Å². The molecule has 122 valence electrons. The van der Waals surface area contributed by atoms with Crippen molar-refractivity contribution in [2.75, 3.05) is 0 Å². The van der Waals surface area contributed by atoms with Gasteiger partial charge in [-0.1, -0.05) is 16.8 Å². The zero-order valence-corrected chi connectivity index (χ0v) is 14.5. The van der Waals surface area contributed by atoms with E-state index in [1.54, 1.807) is 0 Å². The molecule has 2 aromatic rings. The molecular formula is C11H14Cl2N4O3S2. The highest BCUT2D eigenvalue weighted by Crippen LogP contribution is 2.36. The number of hydrogen-bond acceptors (Lipinski definition) is 7. The first-order valence-corrected chi connectivity index (χ1v) is 8.94. The van der Waals surface area contributed by atoms with Gasteiger partial charge in [-0.25, -0.2) is 13.1 Å². The third kappa shape index (κ3) is 3.44. The molecule has 3 N–H and O–H groups in total. The summed E-state index contributed by atoms with van der Waals surface area (Å²) in [5.74, 6) is 0.620. The Labute approximate surface area is 142 Å². The molecule has 1 aliphatic carbocycles. The summed E-state index contributed by atoms with van der Waals surface area (Å²) in [7, 11) is -3.63. The molecule has 0 bridgehead atoms. The summed E-state index contributed by atoms with van der Waals surface area (Å²) < 4.78 is 32.0. The Bertz CT molecular complexity index is 755. The Kier molecular flexibility index (Phi) is 5.15. The molecule has 0 atom stereocenters. The second kappa shape index (κ2) is 6.42. The molecule has 22 heavy (non-hydrogen) atoms. The third-order valence-corrected chi connectivity index (χ3v) is 6.51. The van der Waals surface area contributed by atoms with Crippen LogP contribution in [0.3, 0.4) is 0 Å². The normalized spacial score (nSPS) is 16.8. The van der Waals surface area contributed by atoms with E-state index in [1.807, 2.05) is 0 Å². The summed E-state index contributed by atoms with van der Waals surface area (Å²) in [6.07, 6.45) is 2.66. The predicted molar refractivity (Wildman–Crippen MR) is 84.6 cm³/mol. The van der Waals surface area contributed by atoms with Gasteiger partial charge in [0.1, 0.15) is 4.21 Å². The monoisotopic (exact) mass is 384 g/mol. The second-order valence-electron chi connectivity index (χ2n) is 4.90. The van der Waals surface area contributed by atoms with Crippen LogP contribution >= 0.6 is 35.3 Å². The fourth-order valence-corrected chi connectivity index (χ4v) is 4.48. The zero-order chi connectivity index (χ0) is 15.1. The maximum atomic E-state index is 12.0. The van der Waals surface area contributed by atoms with Crippen molar-refractivity contribution in [2.45, 2.75) is 35.6 Å². The van der Waals surface area contributed by atoms with Crippen LogP contribution < -0.4 is 10.5 Å². The summed E-state index contributed by atoms with van der Waals surface area (Å²) >= 11 is 6.71. The lowest BCUT2D eigenvalue weighted by atomic mass is 9.77. The van der Waals surface area contributed by atoms with E-state index < -0.39 is 15.6 Å². The lowest BCUT2D eigenvalue weighted by molar-refractivity contribution is 0.229. The zero-order valence-electron chi connectivity index (χ0n) is 11.3. The number of nitrogens with zero attached hydrogens (tertiary/aromatic N) is 2. The highest BCUT2D eigenvalue weighted by Gasteiger charge is 2.39. The van der Waals surface area contributed by atoms with E-state index in [2.05, 4.69) is 14.9 Å². The fourth-order valence-electron chi connectivity index (χ4n) is 1.98. The molecule has 0 saturated heterocycles. The first-order valence-electron chi connectivity index (χ1n) is 6.26. The Morgan fingerprint density at radius 3 is 2.73 bits per heavy atom. The van der Waals surface area contributed by atoms with Crippen molar-refractivity contribution in [3.63, 3.8) is 0 Å². The number of halogens is 2. The van der Waals surface area contributed by atoms with Crippen LogP contribution in [0.15, 0.2) is 20.9 Å². The maximum Gasteiger partial charge on any atom is 0.250 e. The molecule has 1 saturated carbocycles. The smallest absolute Gasteiger partial charge is 0.250 e. The largest absolute Gasteiger partial charge is 0.338 e. The highest BCUT2D eigenvalue weighted by molar-refractivity contribution is 7.91. The average molecular weight is 385 g/mol. The molecular weight excluding hydrogens is 371 g/mol. The van der Waals surface area contributed by atoms with Crippen LogP contribution in [-0.4, -0.2) is 18.6 Å². The van der Waals surface area contributed by atoms with Gasteiger partial charge in [0, 0.05) is 0 Å². The van der Waals surface area contributed by atoms with E-state index in [1.165, 1.54) is 12.1 Å². The molecule has 11 heteroatoms. The van der Waals surface area contributed by atoms with Gasteiger partial charge >= 0.3 is 0 Å². The number of thiophene rings is 1. The average Bonchev–Trinajstić information content (AvgIpc) is 3.03. The van der Waals surface area contributed by atoms with Crippen molar-refractivity contribution < 1.29 is 12.9 Å². The van der Waals surface area contributed by atoms with E-state index in [-0.39, 0.29) is 29.1 Å². The topological polar surface area (TPSA) is 111 Å². The van der Waals surface area contributed by atoms with E-state index >= 15 is 0 Å². The van der Waals surface area contributed by atoms with E-state index in [4.69, 9.17) is 21.9 Å². The molecule has 1 fully saturated rings. The summed E-state index contributed by atoms with van der Waals surface area (Å²) in [6.45, 7) is -0.0824. The van der Waals surface area contributed by atoms with Crippen LogP contribution in [0.2, 0.25) is 4.34 Å². The Balaban J connectivity index is 0.00000176. The Morgan fingerprint density at radius 1 is 1.45 bits per heavy atom. The van der Waals surface area contributed by atoms with Gasteiger partial charge in [-0.05, 0) is 31.4 Å². The predicted octanol–water partition coefficient (Wildman–Crippen LogP) is 2.02. The second-order valence-corrected chi connectivity index (χ2v) is 8.61. The first kappa shape index (κ1) is 17.6. The van der Waals surface area contributed by atoms with Crippen LogP contribution in [0.5, 0.6) is 0 Å². The molecule has 1 aliphatic rings. The van der Waals surface area contributed by atoms with Gasteiger partial charge in [0.05, 0.1) is 16.4 Å². The van der Waals surface area contributed by atoms with E-state index in [9.17, 15) is 8.42 Å². The van der Waals surface area contributed by atoms with Crippen LogP contribution in [0.1, 0.15) is 31.0 Å². The number of hydrogen-bond donors (Lipinski definition) is 2. The summed E-state index contributed by atoms with van der Waals surface area (Å²) in [6, 6.07) is 2.97. The van der Waals surface area contributed by atoms with Gasteiger partial charge in [0.15, 0.2) is 5.82 Å². The minimum absolute atomic E-state index is 0. The van der Waals surface area contributed by atoms with E-state index in [0.717, 1.165) is 30.6 Å². The lowest BCUT2D eigenvalue weighted by Crippen LogP contribution is -2.44. The van der Waals surface area contributed by atoms with Crippen molar-refractivity contribution in [2.24, 2.45) is 5.73 Å². The van der Waals surface area contributed by atoms with Gasteiger partial charge < -0.3 is 10.3 Å². The van der Waals surface area contributed by atoms with Crippen molar-refractivity contribution in [1.82, 2.24) is 14.9 Å². The van der Waals surface area contributed by atoms with Gasteiger partial charge in [-0.15, -0.1) is 23.7 Å². The minimum atomic E-state index is -3.63. The summed E-state index contributed by atoms with van der Waals surface area (Å²) in [4.78, 5) is 4.15. The number of rotatable bonds is 5. The summed E-state index contributed by atoms with van der Waals surface area (Å²) in [5.41, 5.74) is 5.55. The third-order valence-electron chi connectivity index (χ3n) is 3.39. The minimum Gasteiger partial charge on any atom is -0.338 e. The van der Waals surface area contributed by atoms with Crippen molar-refractivity contribution in [1.29, 1.82) is 0 Å². The molecule has 2 aromatic heterocycles. The van der Waals surface area contributed by atoms with Crippen molar-refractivity contribution in [3.05, 3.63) is 28.2 Å². The molecule has 0 amide bonds. The van der Waals surface area contributed by atoms with Crippen LogP contribution in [-0.2, 0) is 22.1 Å². The molecule has 0 aliphatic heterocycles. The van der Waals surface area contributed by atoms with Crippen molar-refractivity contribution >= 4 is 45.4 Å². The Hall–Kier alpha value is -0.710. The Morgan fingerprint density at radius 2 is 2.18 bits per heavy atom. The van der Waals surface area contributed by atoms with Crippen LogP contribution in [0.4, 0.5) is 0 Å². The molecule has 0 unspecified atom stereocenters. The quantitative estimate of drug-likeness (QED) is 0.815. The number of nitrogens with one attached hydrogen (secondary N) is 1. The lowest BCUT2D eigenvalue weighted by Gasteiger charge is -2.34. The molecule has 7 nitrogen and oxygen atoms in total. The maximum absolute atomic E-state index is 12.0. The number of aromatic nitrogens is 2. The SMILES string of the molecule is Cl.NC1(c2noc(CNS(=O)(=O)c3ccc(Cl)s3)n2)CCC1. The van der Waals surface area contributed by atoms with Crippen LogP contribution in [0.25, 0.3) is 0 Å². The van der Waals surface area contributed by atoms with Gasteiger partial charge in [0.2, 0.25) is 5.89 Å². The van der Waals surface area contributed by atoms with Gasteiger partial charge in [0.25, 0.3) is 10.0 Å². The standard InChI is InChI=1S/C11H13ClN4O3S2.ClH/c12-7-2-3-9(20-7)21(17,18)14-6-8-15-10(16-19-8)11(13)4-1-5-11;/h2-3,14H,1,4-6,13H2;1H. The molecule has 2 heterocycles. The molecule has 0 aromatic carbocycles.